The van der Waals surface area contributed by atoms with E-state index in [1.807, 2.05) is 0 Å². The molecule has 0 unspecified atom stereocenters. The molecule has 2 aromatic carbocycles. The summed E-state index contributed by atoms with van der Waals surface area (Å²) >= 11 is 5.84. The van der Waals surface area contributed by atoms with E-state index in [1.54, 1.807) is 24.3 Å². The molecule has 27 heavy (non-hydrogen) atoms. The second kappa shape index (κ2) is 6.73. The standard InChI is InChI=1S/C18H14ClN3O5/c1-20(11-8-6-10(19)7-9-11)17(24)15-16(23)14-12(21(2)18(15)25)4-3-5-13(14)22(26)27/h3-9,23H,1-2H3. The van der Waals surface area contributed by atoms with Gasteiger partial charge in [0.25, 0.3) is 17.2 Å². The highest BCUT2D eigenvalue weighted by molar-refractivity contribution is 6.30. The fourth-order valence-electron chi connectivity index (χ4n) is 2.85. The van der Waals surface area contributed by atoms with Gasteiger partial charge in [-0.15, -0.1) is 0 Å². The van der Waals surface area contributed by atoms with Crippen molar-refractivity contribution in [3.8, 4) is 5.75 Å². The van der Waals surface area contributed by atoms with Crippen molar-refractivity contribution in [2.45, 2.75) is 0 Å². The van der Waals surface area contributed by atoms with Crippen LogP contribution < -0.4 is 10.5 Å². The number of nitrogens with zero attached hydrogens (tertiary/aromatic N) is 3. The quantitative estimate of drug-likeness (QED) is 0.549. The van der Waals surface area contributed by atoms with Gasteiger partial charge in [0.1, 0.15) is 16.7 Å². The zero-order valence-corrected chi connectivity index (χ0v) is 15.1. The van der Waals surface area contributed by atoms with Crippen LogP contribution in [0.4, 0.5) is 11.4 Å². The minimum absolute atomic E-state index is 0.150. The largest absolute Gasteiger partial charge is 0.506 e. The van der Waals surface area contributed by atoms with Crippen LogP contribution in [0.15, 0.2) is 47.3 Å². The lowest BCUT2D eigenvalue weighted by molar-refractivity contribution is -0.383. The summed E-state index contributed by atoms with van der Waals surface area (Å²) in [5.74, 6) is -1.51. The Morgan fingerprint density at radius 1 is 1.22 bits per heavy atom. The number of anilines is 1. The molecular formula is C18H14ClN3O5. The van der Waals surface area contributed by atoms with Crippen molar-refractivity contribution in [1.82, 2.24) is 4.57 Å². The molecule has 0 aliphatic carbocycles. The monoisotopic (exact) mass is 387 g/mol. The van der Waals surface area contributed by atoms with Crippen molar-refractivity contribution in [1.29, 1.82) is 0 Å². The van der Waals surface area contributed by atoms with Gasteiger partial charge in [-0.25, -0.2) is 0 Å². The number of benzene rings is 2. The second-order valence-electron chi connectivity index (χ2n) is 5.86. The second-order valence-corrected chi connectivity index (χ2v) is 6.29. The number of aryl methyl sites for hydroxylation is 1. The topological polar surface area (TPSA) is 106 Å². The van der Waals surface area contributed by atoms with Gasteiger partial charge in [-0.3, -0.25) is 19.7 Å². The molecule has 3 aromatic rings. The lowest BCUT2D eigenvalue weighted by atomic mass is 10.1. The molecule has 0 saturated carbocycles. The summed E-state index contributed by atoms with van der Waals surface area (Å²) in [7, 11) is 2.81. The molecular weight excluding hydrogens is 374 g/mol. The normalized spacial score (nSPS) is 10.8. The smallest absolute Gasteiger partial charge is 0.282 e. The molecule has 0 aliphatic rings. The van der Waals surface area contributed by atoms with Crippen molar-refractivity contribution in [2.24, 2.45) is 7.05 Å². The van der Waals surface area contributed by atoms with Crippen LogP contribution in [0.2, 0.25) is 5.02 Å². The predicted octanol–water partition coefficient (Wildman–Crippen LogP) is 3.08. The molecule has 0 spiro atoms. The number of hydrogen-bond acceptors (Lipinski definition) is 5. The maximum absolute atomic E-state index is 12.9. The Kier molecular flexibility index (Phi) is 4.59. The van der Waals surface area contributed by atoms with Gasteiger partial charge >= 0.3 is 0 Å². The molecule has 1 aromatic heterocycles. The number of nitro benzene ring substituents is 1. The molecule has 3 rings (SSSR count). The lowest BCUT2D eigenvalue weighted by Crippen LogP contribution is -2.34. The Morgan fingerprint density at radius 3 is 2.44 bits per heavy atom. The number of rotatable bonds is 3. The number of aromatic nitrogens is 1. The van der Waals surface area contributed by atoms with Gasteiger partial charge < -0.3 is 14.6 Å². The van der Waals surface area contributed by atoms with E-state index in [9.17, 15) is 24.8 Å². The summed E-state index contributed by atoms with van der Waals surface area (Å²) in [6.07, 6.45) is 0. The van der Waals surface area contributed by atoms with E-state index in [1.165, 1.54) is 32.3 Å². The average molecular weight is 388 g/mol. The van der Waals surface area contributed by atoms with Crippen LogP contribution in [-0.4, -0.2) is 27.6 Å². The summed E-state index contributed by atoms with van der Waals surface area (Å²) < 4.78 is 1.10. The van der Waals surface area contributed by atoms with Crippen molar-refractivity contribution >= 4 is 39.8 Å². The fraction of sp³-hybridized carbons (Fsp3) is 0.111. The first-order chi connectivity index (χ1) is 12.7. The van der Waals surface area contributed by atoms with Crippen molar-refractivity contribution in [2.75, 3.05) is 11.9 Å². The SMILES string of the molecule is CN(C(=O)c1c(O)c2c([N+](=O)[O-])cccc2n(C)c1=O)c1ccc(Cl)cc1. The lowest BCUT2D eigenvalue weighted by Gasteiger charge is -2.19. The zero-order chi connectivity index (χ0) is 19.9. The van der Waals surface area contributed by atoms with Crippen LogP contribution in [0.5, 0.6) is 5.75 Å². The molecule has 1 N–H and O–H groups in total. The molecule has 1 heterocycles. The number of carbonyl (C=O) groups excluding carboxylic acids is 1. The Morgan fingerprint density at radius 2 is 1.85 bits per heavy atom. The highest BCUT2D eigenvalue weighted by atomic mass is 35.5. The Labute approximate surface area is 158 Å². The van der Waals surface area contributed by atoms with Crippen LogP contribution in [0.3, 0.4) is 0 Å². The Hall–Kier alpha value is -3.39. The van der Waals surface area contributed by atoms with E-state index >= 15 is 0 Å². The number of halogens is 1. The van der Waals surface area contributed by atoms with E-state index in [0.29, 0.717) is 10.7 Å². The predicted molar refractivity (Wildman–Crippen MR) is 102 cm³/mol. The number of aromatic hydroxyl groups is 1. The first-order valence-electron chi connectivity index (χ1n) is 7.76. The summed E-state index contributed by atoms with van der Waals surface area (Å²) in [5.41, 5.74) is -1.11. The Balaban J connectivity index is 2.26. The summed E-state index contributed by atoms with van der Waals surface area (Å²) in [6.45, 7) is 0. The van der Waals surface area contributed by atoms with Crippen molar-refractivity contribution < 1.29 is 14.8 Å². The molecule has 8 nitrogen and oxygen atoms in total. The summed E-state index contributed by atoms with van der Waals surface area (Å²) in [6, 6.07) is 10.4. The molecule has 1 amide bonds. The van der Waals surface area contributed by atoms with Gasteiger partial charge in [-0.05, 0) is 30.3 Å². The van der Waals surface area contributed by atoms with Crippen molar-refractivity contribution in [3.05, 3.63) is 73.5 Å². The average Bonchev–Trinajstić information content (AvgIpc) is 2.65. The molecule has 0 saturated heterocycles. The fourth-order valence-corrected chi connectivity index (χ4v) is 2.97. The minimum Gasteiger partial charge on any atom is -0.506 e. The molecule has 0 bridgehead atoms. The highest BCUT2D eigenvalue weighted by Gasteiger charge is 2.28. The zero-order valence-electron chi connectivity index (χ0n) is 14.3. The summed E-state index contributed by atoms with van der Waals surface area (Å²) in [5, 5.41) is 22.2. The third-order valence-electron chi connectivity index (χ3n) is 4.30. The van der Waals surface area contributed by atoms with Gasteiger partial charge in [0.2, 0.25) is 0 Å². The first kappa shape index (κ1) is 18.4. The molecule has 138 valence electrons. The van der Waals surface area contributed by atoms with Gasteiger partial charge in [0.15, 0.2) is 0 Å². The van der Waals surface area contributed by atoms with E-state index in [-0.39, 0.29) is 10.9 Å². The maximum Gasteiger partial charge on any atom is 0.282 e. The number of carbonyl (C=O) groups is 1. The number of amides is 1. The number of pyridine rings is 1. The first-order valence-corrected chi connectivity index (χ1v) is 8.14. The van der Waals surface area contributed by atoms with Crippen LogP contribution in [-0.2, 0) is 7.05 Å². The number of fused-ring (bicyclic) bond motifs is 1. The van der Waals surface area contributed by atoms with Gasteiger partial charge in [-0.2, -0.15) is 0 Å². The molecule has 0 atom stereocenters. The van der Waals surface area contributed by atoms with E-state index in [2.05, 4.69) is 0 Å². The van der Waals surface area contributed by atoms with Crippen LogP contribution in [0.25, 0.3) is 10.9 Å². The minimum atomic E-state index is -0.796. The highest BCUT2D eigenvalue weighted by Crippen LogP contribution is 2.34. The molecule has 0 aliphatic heterocycles. The number of nitro groups is 1. The van der Waals surface area contributed by atoms with E-state index < -0.39 is 33.4 Å². The van der Waals surface area contributed by atoms with Crippen LogP contribution in [0.1, 0.15) is 10.4 Å². The third kappa shape index (κ3) is 3.00. The van der Waals surface area contributed by atoms with Gasteiger partial charge in [-0.1, -0.05) is 17.7 Å². The molecule has 0 radical (unpaired) electrons. The van der Waals surface area contributed by atoms with Gasteiger partial charge in [0.05, 0.1) is 10.4 Å². The van der Waals surface area contributed by atoms with E-state index in [4.69, 9.17) is 11.6 Å². The van der Waals surface area contributed by atoms with E-state index in [0.717, 1.165) is 9.47 Å². The maximum atomic E-state index is 12.9. The van der Waals surface area contributed by atoms with Crippen molar-refractivity contribution in [3.63, 3.8) is 0 Å². The number of non-ortho nitro benzene ring substituents is 1. The third-order valence-corrected chi connectivity index (χ3v) is 4.56. The van der Waals surface area contributed by atoms with Crippen LogP contribution in [0, 0.1) is 10.1 Å². The molecule has 0 fully saturated rings. The van der Waals surface area contributed by atoms with Crippen LogP contribution >= 0.6 is 11.6 Å². The number of hydrogen-bond donors (Lipinski definition) is 1. The molecule has 9 heteroatoms. The Bertz CT molecular complexity index is 1140. The van der Waals surface area contributed by atoms with Gasteiger partial charge in [0, 0.05) is 30.9 Å². The summed E-state index contributed by atoms with van der Waals surface area (Å²) in [4.78, 5) is 37.4.